The highest BCUT2D eigenvalue weighted by Gasteiger charge is 2.13. The molecule has 0 saturated heterocycles. The van der Waals surface area contributed by atoms with E-state index in [-0.39, 0.29) is 0 Å². The zero-order valence-corrected chi connectivity index (χ0v) is 26.8. The summed E-state index contributed by atoms with van der Waals surface area (Å²) in [6, 6.07) is 38.7. The van der Waals surface area contributed by atoms with E-state index in [4.69, 9.17) is 9.97 Å². The van der Waals surface area contributed by atoms with Crippen LogP contribution in [0.4, 0.5) is 0 Å². The minimum absolute atomic E-state index is 0.885. The van der Waals surface area contributed by atoms with Gasteiger partial charge in [0.2, 0.25) is 0 Å². The van der Waals surface area contributed by atoms with Gasteiger partial charge in [-0.15, -0.1) is 68.0 Å². The second-order valence-corrected chi connectivity index (χ2v) is 15.7. The molecule has 0 N–H and O–H groups in total. The topological polar surface area (TPSA) is 25.8 Å². The summed E-state index contributed by atoms with van der Waals surface area (Å²) in [6.07, 6.45) is 0. The molecule has 0 unspecified atom stereocenters. The first-order valence-electron chi connectivity index (χ1n) is 13.2. The Kier molecular flexibility index (Phi) is 7.03. The third-order valence-electron chi connectivity index (χ3n) is 6.70. The number of hydrogen-bond donors (Lipinski definition) is 0. The van der Waals surface area contributed by atoms with Crippen molar-refractivity contribution in [2.75, 3.05) is 0 Å². The van der Waals surface area contributed by atoms with Gasteiger partial charge in [-0.3, -0.25) is 0 Å². The van der Waals surface area contributed by atoms with Crippen molar-refractivity contribution in [3.8, 4) is 71.5 Å². The van der Waals surface area contributed by atoms with Crippen LogP contribution in [0.2, 0.25) is 0 Å². The molecule has 42 heavy (non-hydrogen) atoms. The van der Waals surface area contributed by atoms with Crippen LogP contribution < -0.4 is 0 Å². The van der Waals surface area contributed by atoms with E-state index in [1.807, 2.05) is 34.8 Å². The Balaban J connectivity index is 1.04. The van der Waals surface area contributed by atoms with E-state index in [2.05, 4.69) is 108 Å². The highest BCUT2D eigenvalue weighted by atomic mass is 32.1. The number of pyridine rings is 2. The highest BCUT2D eigenvalue weighted by molar-refractivity contribution is 7.27. The third-order valence-corrected chi connectivity index (χ3v) is 13.6. The lowest BCUT2D eigenvalue weighted by molar-refractivity contribution is 1.26. The summed E-state index contributed by atoms with van der Waals surface area (Å²) in [7, 11) is 0. The normalized spacial score (nSPS) is 11.3. The lowest BCUT2D eigenvalue weighted by Crippen LogP contribution is -1.90. The third kappa shape index (κ3) is 5.15. The van der Waals surface area contributed by atoms with Crippen LogP contribution in [0.1, 0.15) is 0 Å². The summed E-state index contributed by atoms with van der Waals surface area (Å²) in [5, 5.41) is 4.26. The fraction of sp³-hybridized carbons (Fsp3) is 0. The fourth-order valence-electron chi connectivity index (χ4n) is 4.69. The number of hydrogen-bond acceptors (Lipinski definition) is 8. The minimum Gasteiger partial charge on any atom is -0.245 e. The van der Waals surface area contributed by atoms with Crippen molar-refractivity contribution in [1.82, 2.24) is 9.97 Å². The monoisotopic (exact) mass is 648 g/mol. The van der Waals surface area contributed by atoms with Crippen LogP contribution >= 0.6 is 68.0 Å². The molecule has 8 aromatic rings. The summed E-state index contributed by atoms with van der Waals surface area (Å²) >= 11 is 10.8. The molecular formula is C34H20N2S6. The lowest BCUT2D eigenvalue weighted by Gasteiger charge is -2.05. The molecule has 0 aliphatic carbocycles. The molecule has 8 heteroatoms. The molecule has 0 aromatic carbocycles. The van der Waals surface area contributed by atoms with Gasteiger partial charge in [0, 0.05) is 39.0 Å². The molecule has 8 heterocycles. The molecule has 0 amide bonds. The molecule has 202 valence electrons. The van der Waals surface area contributed by atoms with E-state index in [0.717, 1.165) is 32.5 Å². The Morgan fingerprint density at radius 1 is 0.286 bits per heavy atom. The number of rotatable bonds is 7. The standard InChI is InChI=1S/C34H20N2S6/c1-5-21(35-23(7-1)25-11-13-31(39-25)33-17-15-29(41-33)27-9-3-19-37-27)22-6-2-8-24(36-22)26-12-14-32(40-26)34-18-16-30(42-34)28-10-4-20-38-28/h1-20H. The van der Waals surface area contributed by atoms with Gasteiger partial charge in [0.15, 0.2) is 0 Å². The number of nitrogens with zero attached hydrogens (tertiary/aromatic N) is 2. The quantitative estimate of drug-likeness (QED) is 0.172. The smallest absolute Gasteiger partial charge is 0.0894 e. The average molecular weight is 649 g/mol. The van der Waals surface area contributed by atoms with Gasteiger partial charge in [-0.2, -0.15) is 0 Å². The first kappa shape index (κ1) is 26.2. The predicted octanol–water partition coefficient (Wildman–Crippen LogP) is 12.5. The van der Waals surface area contributed by atoms with E-state index in [1.165, 1.54) is 39.0 Å². The zero-order valence-electron chi connectivity index (χ0n) is 21.9. The van der Waals surface area contributed by atoms with E-state index in [0.29, 0.717) is 0 Å². The lowest BCUT2D eigenvalue weighted by atomic mass is 10.2. The molecule has 0 aliphatic heterocycles. The Morgan fingerprint density at radius 2 is 0.619 bits per heavy atom. The van der Waals surface area contributed by atoms with Gasteiger partial charge in [0.25, 0.3) is 0 Å². The second-order valence-electron chi connectivity index (χ2n) is 9.43. The molecule has 0 atom stereocenters. The van der Waals surface area contributed by atoms with Crippen LogP contribution in [0.25, 0.3) is 71.5 Å². The van der Waals surface area contributed by atoms with Crippen molar-refractivity contribution < 1.29 is 0 Å². The Bertz CT molecular complexity index is 1950. The number of thiophene rings is 6. The van der Waals surface area contributed by atoms with Crippen LogP contribution in [0.15, 0.2) is 120 Å². The van der Waals surface area contributed by atoms with Crippen molar-refractivity contribution in [2.45, 2.75) is 0 Å². The molecule has 0 radical (unpaired) electrons. The maximum absolute atomic E-state index is 5.04. The Hall–Kier alpha value is -3.50. The van der Waals surface area contributed by atoms with Crippen LogP contribution in [-0.2, 0) is 0 Å². The Labute approximate surface area is 267 Å². The van der Waals surface area contributed by atoms with Crippen molar-refractivity contribution in [2.24, 2.45) is 0 Å². The van der Waals surface area contributed by atoms with Gasteiger partial charge in [-0.25, -0.2) is 9.97 Å². The van der Waals surface area contributed by atoms with Crippen LogP contribution in [0, 0.1) is 0 Å². The molecule has 8 aromatic heterocycles. The van der Waals surface area contributed by atoms with E-state index in [9.17, 15) is 0 Å². The van der Waals surface area contributed by atoms with Crippen molar-refractivity contribution >= 4 is 68.0 Å². The number of aromatic nitrogens is 2. The highest BCUT2D eigenvalue weighted by Crippen LogP contribution is 2.42. The molecule has 8 rings (SSSR count). The van der Waals surface area contributed by atoms with E-state index in [1.54, 1.807) is 45.3 Å². The van der Waals surface area contributed by atoms with Gasteiger partial charge in [0.1, 0.15) is 0 Å². The fourth-order valence-corrected chi connectivity index (χ4v) is 10.5. The molecule has 0 aliphatic rings. The minimum atomic E-state index is 0.885. The van der Waals surface area contributed by atoms with Gasteiger partial charge < -0.3 is 0 Å². The van der Waals surface area contributed by atoms with E-state index < -0.39 is 0 Å². The van der Waals surface area contributed by atoms with Gasteiger partial charge >= 0.3 is 0 Å². The predicted molar refractivity (Wildman–Crippen MR) is 187 cm³/mol. The average Bonchev–Trinajstić information content (AvgIpc) is 3.86. The first-order valence-corrected chi connectivity index (χ1v) is 18.2. The largest absolute Gasteiger partial charge is 0.245 e. The molecule has 0 spiro atoms. The summed E-state index contributed by atoms with van der Waals surface area (Å²) in [5.41, 5.74) is 3.72. The van der Waals surface area contributed by atoms with Crippen molar-refractivity contribution in [1.29, 1.82) is 0 Å². The second kappa shape index (κ2) is 11.3. The van der Waals surface area contributed by atoms with Crippen LogP contribution in [0.5, 0.6) is 0 Å². The summed E-state index contributed by atoms with van der Waals surface area (Å²) < 4.78 is 0. The van der Waals surface area contributed by atoms with Crippen molar-refractivity contribution in [3.63, 3.8) is 0 Å². The molecule has 2 nitrogen and oxygen atoms in total. The van der Waals surface area contributed by atoms with Gasteiger partial charge in [-0.1, -0.05) is 24.3 Å². The maximum Gasteiger partial charge on any atom is 0.0894 e. The van der Waals surface area contributed by atoms with Crippen molar-refractivity contribution in [3.05, 3.63) is 120 Å². The first-order chi connectivity index (χ1) is 20.8. The zero-order chi connectivity index (χ0) is 27.9. The SMILES string of the molecule is c1cc(-c2cccc(-c3ccc(-c4ccc(-c5cccs5)s4)s3)n2)nc(-c2ccc(-c3ccc(-c4cccs4)s3)s2)c1. The van der Waals surface area contributed by atoms with Gasteiger partial charge in [0.05, 0.1) is 32.5 Å². The van der Waals surface area contributed by atoms with Gasteiger partial charge in [-0.05, 0) is 95.7 Å². The summed E-state index contributed by atoms with van der Waals surface area (Å²) in [4.78, 5) is 22.8. The summed E-state index contributed by atoms with van der Waals surface area (Å²) in [5.74, 6) is 0. The van der Waals surface area contributed by atoms with Crippen LogP contribution in [-0.4, -0.2) is 9.97 Å². The van der Waals surface area contributed by atoms with E-state index >= 15 is 0 Å². The molecule has 0 fully saturated rings. The Morgan fingerprint density at radius 3 is 1.00 bits per heavy atom. The van der Waals surface area contributed by atoms with Crippen LogP contribution in [0.3, 0.4) is 0 Å². The molecular weight excluding hydrogens is 629 g/mol. The molecule has 0 bridgehead atoms. The summed E-state index contributed by atoms with van der Waals surface area (Å²) in [6.45, 7) is 0. The maximum atomic E-state index is 5.04. The molecule has 0 saturated carbocycles.